The van der Waals surface area contributed by atoms with Crippen molar-refractivity contribution in [3.63, 3.8) is 0 Å². The number of nitrogen functional groups attached to an aromatic ring is 1. The second-order valence-electron chi connectivity index (χ2n) is 3.76. The zero-order valence-corrected chi connectivity index (χ0v) is 16.4. The average Bonchev–Trinajstić information content (AvgIpc) is 2.86. The number of nitrogens with one attached hydrogen (secondary N) is 3. The van der Waals surface area contributed by atoms with Gasteiger partial charge < -0.3 is 39.9 Å². The van der Waals surface area contributed by atoms with Crippen LogP contribution in [0.1, 0.15) is 0 Å². The minimum absolute atomic E-state index is 0. The molecule has 0 amide bonds. The number of aromatic amines is 2. The summed E-state index contributed by atoms with van der Waals surface area (Å²) in [5.74, 6) is 0.0783. The van der Waals surface area contributed by atoms with E-state index in [0.29, 0.717) is 24.3 Å². The fraction of sp³-hybridized carbons (Fsp3) is 0.444. The number of fused-ring (bicyclic) bond motifs is 1. The quantitative estimate of drug-likeness (QED) is 0.184. The monoisotopic (exact) mass is 583 g/mol. The zero-order valence-electron chi connectivity index (χ0n) is 12.6. The fourth-order valence-corrected chi connectivity index (χ4v) is 1.19. The summed E-state index contributed by atoms with van der Waals surface area (Å²) < 4.78 is 34.0. The van der Waals surface area contributed by atoms with E-state index in [1.165, 1.54) is 6.33 Å². The van der Waals surface area contributed by atoms with Crippen molar-refractivity contribution < 1.29 is 62.4 Å². The molecule has 2 heterocycles. The number of halogens is 2. The molecule has 0 spiro atoms. The number of hydrogen-bond acceptors (Lipinski definition) is 11. The maximum Gasteiger partial charge on any atom is 2.00 e. The van der Waals surface area contributed by atoms with Crippen LogP contribution < -0.4 is 59.1 Å². The van der Waals surface area contributed by atoms with Crippen molar-refractivity contribution in [1.29, 1.82) is 0 Å². The molecule has 0 radical (unpaired) electrons. The molecule has 0 unspecified atom stereocenters. The molecule has 0 saturated heterocycles. The van der Waals surface area contributed by atoms with E-state index in [1.807, 2.05) is 0 Å². The van der Waals surface area contributed by atoms with Gasteiger partial charge in [0.1, 0.15) is 0 Å². The van der Waals surface area contributed by atoms with E-state index in [4.69, 9.17) is 35.8 Å². The largest absolute Gasteiger partial charge is 2.00 e. The molecule has 0 aliphatic heterocycles. The molecular weight excluding hydrogens is 566 g/mol. The molecule has 0 saturated carbocycles. The summed E-state index contributed by atoms with van der Waals surface area (Å²) >= 11 is 0. The van der Waals surface area contributed by atoms with Crippen LogP contribution in [0.3, 0.4) is 0 Å². The predicted molar refractivity (Wildman–Crippen MR) is 69.9 cm³/mol. The number of H-pyrrole nitrogens is 2. The Morgan fingerprint density at radius 3 is 2.08 bits per heavy atom. The summed E-state index contributed by atoms with van der Waals surface area (Å²) in [6, 6.07) is 0. The molecule has 0 aliphatic rings. The fourth-order valence-electron chi connectivity index (χ4n) is 1.19. The van der Waals surface area contributed by atoms with Gasteiger partial charge in [-0.2, -0.15) is 4.98 Å². The van der Waals surface area contributed by atoms with Crippen molar-refractivity contribution in [2.75, 3.05) is 31.9 Å². The van der Waals surface area contributed by atoms with Crippen molar-refractivity contribution in [2.45, 2.75) is 0 Å². The average molecular weight is 584 g/mol. The van der Waals surface area contributed by atoms with Crippen LogP contribution in [0.5, 0.6) is 0 Å². The molecular formula is C9H18Cl2N8O5Pt. The summed E-state index contributed by atoms with van der Waals surface area (Å²) in [6.07, 6.45) is 1.40. The Kier molecular flexibility index (Phi) is 17.8. The third kappa shape index (κ3) is 16.4. The van der Waals surface area contributed by atoms with Crippen molar-refractivity contribution in [3.05, 3.63) is 16.7 Å². The molecule has 9 N–H and O–H groups in total. The third-order valence-electron chi connectivity index (χ3n) is 1.96. The van der Waals surface area contributed by atoms with Gasteiger partial charge in [-0.05, 0) is 0 Å². The summed E-state index contributed by atoms with van der Waals surface area (Å²) in [5, 5.41) is 3.03. The van der Waals surface area contributed by atoms with Crippen LogP contribution in [-0.4, -0.2) is 46.1 Å². The molecule has 0 aromatic carbocycles. The number of aromatic nitrogens is 4. The number of anilines is 1. The summed E-state index contributed by atoms with van der Waals surface area (Å²) in [6.45, 7) is 3.13. The second kappa shape index (κ2) is 15.4. The number of nitrogens with two attached hydrogens (primary N) is 3. The standard InChI is InChI=1S/C5H5N5O.C4H13N3.ClHO4.ClH.Pt/c6-5-9-3-2(4(11)10-5)7-1-8-3;5-1-3-7-4-2-6;2-1(3,4)5;;/h1H,(H4,6,7,8,9,10,11);7H,1-6H2;(H,2,3,4,5);1H;/q;;;;+2/p-2. The topological polar surface area (TPSA) is 257 Å². The van der Waals surface area contributed by atoms with Crippen LogP contribution in [0.2, 0.25) is 0 Å². The van der Waals surface area contributed by atoms with Crippen LogP contribution in [0.25, 0.3) is 11.2 Å². The van der Waals surface area contributed by atoms with Gasteiger partial charge in [0.2, 0.25) is 5.95 Å². The molecule has 2 aromatic heterocycles. The Morgan fingerprint density at radius 1 is 1.16 bits per heavy atom. The van der Waals surface area contributed by atoms with Crippen molar-refractivity contribution in [3.8, 4) is 0 Å². The first-order valence-electron chi connectivity index (χ1n) is 6.10. The van der Waals surface area contributed by atoms with Crippen molar-refractivity contribution in [1.82, 2.24) is 25.3 Å². The number of hydrogen-bond donors (Lipinski definition) is 6. The van der Waals surface area contributed by atoms with E-state index in [1.54, 1.807) is 0 Å². The summed E-state index contributed by atoms with van der Waals surface area (Å²) in [7, 11) is -4.94. The number of imidazole rings is 1. The van der Waals surface area contributed by atoms with Crippen molar-refractivity contribution >= 4 is 17.1 Å². The molecule has 0 bridgehead atoms. The minimum atomic E-state index is -4.94. The zero-order chi connectivity index (χ0) is 17.9. The van der Waals surface area contributed by atoms with E-state index < -0.39 is 10.2 Å². The van der Waals surface area contributed by atoms with Gasteiger partial charge in [0, 0.05) is 26.2 Å². The van der Waals surface area contributed by atoms with Gasteiger partial charge in [0.15, 0.2) is 11.2 Å². The smallest absolute Gasteiger partial charge is 1.00 e. The molecule has 25 heavy (non-hydrogen) atoms. The number of nitrogens with zero attached hydrogens (tertiary/aromatic N) is 2. The Morgan fingerprint density at radius 2 is 1.64 bits per heavy atom. The van der Waals surface area contributed by atoms with Gasteiger partial charge >= 0.3 is 21.1 Å². The van der Waals surface area contributed by atoms with Crippen LogP contribution in [0.15, 0.2) is 11.1 Å². The Balaban J connectivity index is -0.000000306. The molecule has 0 fully saturated rings. The molecule has 0 aliphatic carbocycles. The molecule has 0 atom stereocenters. The van der Waals surface area contributed by atoms with E-state index >= 15 is 0 Å². The summed E-state index contributed by atoms with van der Waals surface area (Å²) in [4.78, 5) is 23.5. The Labute approximate surface area is 164 Å². The van der Waals surface area contributed by atoms with E-state index in [9.17, 15) is 4.79 Å². The molecule has 13 nitrogen and oxygen atoms in total. The van der Waals surface area contributed by atoms with Crippen LogP contribution >= 0.6 is 0 Å². The van der Waals surface area contributed by atoms with Gasteiger partial charge in [-0.1, -0.05) is 0 Å². The molecule has 148 valence electrons. The van der Waals surface area contributed by atoms with Gasteiger partial charge in [-0.15, -0.1) is 10.2 Å². The van der Waals surface area contributed by atoms with E-state index in [2.05, 4.69) is 25.3 Å². The molecule has 2 aromatic rings. The molecule has 2 rings (SSSR count). The van der Waals surface area contributed by atoms with Crippen LogP contribution in [-0.2, 0) is 21.1 Å². The minimum Gasteiger partial charge on any atom is -1.00 e. The van der Waals surface area contributed by atoms with Gasteiger partial charge in [-0.3, -0.25) is 9.78 Å². The van der Waals surface area contributed by atoms with Gasteiger partial charge in [0.25, 0.3) is 5.56 Å². The maximum absolute atomic E-state index is 11.0. The first-order valence-corrected chi connectivity index (χ1v) is 7.34. The normalized spacial score (nSPS) is 9.68. The van der Waals surface area contributed by atoms with Crippen LogP contribution in [0.4, 0.5) is 5.95 Å². The van der Waals surface area contributed by atoms with E-state index in [0.717, 1.165) is 13.1 Å². The first kappa shape index (κ1) is 28.9. The summed E-state index contributed by atoms with van der Waals surface area (Å²) in [5.41, 5.74) is 16.0. The Hall–Kier alpha value is -0.862. The van der Waals surface area contributed by atoms with Gasteiger partial charge in [-0.25, -0.2) is 23.6 Å². The first-order chi connectivity index (χ1) is 10.7. The van der Waals surface area contributed by atoms with E-state index in [-0.39, 0.29) is 45.0 Å². The SMILES string of the molecule is NCCNCCN.Nc1nc2nc[nH]c2c(=O)[nH]1.[Cl-].[O-][Cl+3]([O-])([O-])[O-].[Pt+2]. The van der Waals surface area contributed by atoms with Gasteiger partial charge in [0.05, 0.1) is 6.33 Å². The third-order valence-corrected chi connectivity index (χ3v) is 1.96. The Bertz CT molecular complexity index is 612. The number of rotatable bonds is 4. The van der Waals surface area contributed by atoms with Crippen LogP contribution in [0, 0.1) is 10.2 Å². The molecule has 16 heteroatoms. The maximum atomic E-state index is 11.0. The second-order valence-corrected chi connectivity index (χ2v) is 4.51. The van der Waals surface area contributed by atoms with Crippen molar-refractivity contribution in [2.24, 2.45) is 11.5 Å². The predicted octanol–water partition coefficient (Wildman–Crippen LogP) is -10.0.